The van der Waals surface area contributed by atoms with E-state index in [1.165, 1.54) is 0 Å². The molecule has 5 heteroatoms. The molecule has 5 nitrogen and oxygen atoms in total. The van der Waals surface area contributed by atoms with Gasteiger partial charge in [0.15, 0.2) is 0 Å². The van der Waals surface area contributed by atoms with E-state index >= 15 is 0 Å². The molecule has 2 aliphatic carbocycles. The number of nitrogens with one attached hydrogen (secondary N) is 1. The van der Waals surface area contributed by atoms with Crippen molar-refractivity contribution in [2.45, 2.75) is 78.9 Å². The van der Waals surface area contributed by atoms with Gasteiger partial charge in [0.2, 0.25) is 0 Å². The van der Waals surface area contributed by atoms with Crippen LogP contribution in [0.3, 0.4) is 0 Å². The van der Waals surface area contributed by atoms with Crippen molar-refractivity contribution in [3.05, 3.63) is 12.2 Å². The van der Waals surface area contributed by atoms with Crippen LogP contribution >= 0.6 is 0 Å². The third-order valence-corrected chi connectivity index (χ3v) is 5.39. The first-order valence-corrected chi connectivity index (χ1v) is 9.13. The molecule has 0 aromatic heterocycles. The largest absolute Gasteiger partial charge is 0.460 e. The molecule has 0 unspecified atom stereocenters. The standard InChI is InChI=1S/C20H33NO4/c1-17(2,3)24-15(22)12-20(11-14-9-8-10-19(14,20)7)13-21-16(23)25-18(4,5)6/h8,10,14H,9,11-13H2,1-7H3,(H,21,23)/t14-,19-,20+/m0/s1. The number of rotatable bonds is 4. The highest BCUT2D eigenvalue weighted by molar-refractivity contribution is 5.72. The number of amides is 1. The van der Waals surface area contributed by atoms with Gasteiger partial charge in [-0.05, 0) is 65.7 Å². The van der Waals surface area contributed by atoms with E-state index in [2.05, 4.69) is 24.4 Å². The summed E-state index contributed by atoms with van der Waals surface area (Å²) in [5, 5.41) is 2.89. The van der Waals surface area contributed by atoms with Crippen LogP contribution < -0.4 is 5.32 Å². The monoisotopic (exact) mass is 351 g/mol. The molecule has 0 aliphatic heterocycles. The average Bonchev–Trinajstić information content (AvgIpc) is 2.68. The number of hydrogen-bond acceptors (Lipinski definition) is 4. The summed E-state index contributed by atoms with van der Waals surface area (Å²) in [5.74, 6) is 0.328. The number of hydrogen-bond donors (Lipinski definition) is 1. The van der Waals surface area contributed by atoms with Crippen LogP contribution in [0.2, 0.25) is 0 Å². The maximum Gasteiger partial charge on any atom is 0.407 e. The van der Waals surface area contributed by atoms with Crippen molar-refractivity contribution in [1.29, 1.82) is 0 Å². The fourth-order valence-electron chi connectivity index (χ4n) is 4.12. The molecule has 0 radical (unpaired) electrons. The number of alkyl carbamates (subject to hydrolysis) is 1. The van der Waals surface area contributed by atoms with Crippen LogP contribution in [0.25, 0.3) is 0 Å². The van der Waals surface area contributed by atoms with Crippen molar-refractivity contribution < 1.29 is 19.1 Å². The van der Waals surface area contributed by atoms with Gasteiger partial charge in [-0.2, -0.15) is 0 Å². The number of ether oxygens (including phenoxy) is 2. The molecule has 0 saturated heterocycles. The highest BCUT2D eigenvalue weighted by Crippen LogP contribution is 2.66. The minimum atomic E-state index is -0.540. The Kier molecular flexibility index (Phi) is 5.01. The molecule has 1 amide bonds. The first kappa shape index (κ1) is 19.8. The molecular weight excluding hydrogens is 318 g/mol. The van der Waals surface area contributed by atoms with Crippen LogP contribution in [-0.4, -0.2) is 29.8 Å². The zero-order valence-electron chi connectivity index (χ0n) is 16.7. The van der Waals surface area contributed by atoms with Gasteiger partial charge in [-0.1, -0.05) is 19.1 Å². The molecule has 0 aromatic carbocycles. The summed E-state index contributed by atoms with van der Waals surface area (Å²) < 4.78 is 10.9. The van der Waals surface area contributed by atoms with Gasteiger partial charge < -0.3 is 14.8 Å². The third-order valence-electron chi connectivity index (χ3n) is 5.39. The summed E-state index contributed by atoms with van der Waals surface area (Å²) in [6, 6.07) is 0. The Morgan fingerprint density at radius 2 is 1.72 bits per heavy atom. The van der Waals surface area contributed by atoms with Gasteiger partial charge in [-0.25, -0.2) is 4.79 Å². The summed E-state index contributed by atoms with van der Waals surface area (Å²) in [7, 11) is 0. The van der Waals surface area contributed by atoms with Crippen molar-refractivity contribution >= 4 is 12.1 Å². The van der Waals surface area contributed by atoms with Gasteiger partial charge in [0, 0.05) is 12.0 Å². The number of carbonyl (C=O) groups is 2. The summed E-state index contributed by atoms with van der Waals surface area (Å²) in [4.78, 5) is 24.6. The van der Waals surface area contributed by atoms with E-state index in [4.69, 9.17) is 9.47 Å². The minimum absolute atomic E-state index is 0.0844. The molecule has 1 N–H and O–H groups in total. The Morgan fingerprint density at radius 3 is 2.24 bits per heavy atom. The Morgan fingerprint density at radius 1 is 1.12 bits per heavy atom. The highest BCUT2D eigenvalue weighted by Gasteiger charge is 2.63. The van der Waals surface area contributed by atoms with Gasteiger partial charge in [-0.15, -0.1) is 0 Å². The number of carbonyl (C=O) groups excluding carboxylic acids is 2. The molecule has 3 atom stereocenters. The first-order chi connectivity index (χ1) is 11.3. The highest BCUT2D eigenvalue weighted by atomic mass is 16.6. The zero-order chi connectivity index (χ0) is 19.1. The van der Waals surface area contributed by atoms with Crippen LogP contribution in [0.4, 0.5) is 4.79 Å². The molecule has 0 bridgehead atoms. The predicted molar refractivity (Wildman–Crippen MR) is 97.1 cm³/mol. The lowest BCUT2D eigenvalue weighted by molar-refractivity contribution is -0.168. The molecule has 0 spiro atoms. The van der Waals surface area contributed by atoms with Crippen LogP contribution in [0.5, 0.6) is 0 Å². The van der Waals surface area contributed by atoms with Crippen molar-refractivity contribution in [2.75, 3.05) is 6.54 Å². The van der Waals surface area contributed by atoms with Crippen LogP contribution in [0.1, 0.15) is 67.7 Å². The van der Waals surface area contributed by atoms with Crippen molar-refractivity contribution in [3.8, 4) is 0 Å². The van der Waals surface area contributed by atoms with Crippen LogP contribution in [-0.2, 0) is 14.3 Å². The molecular formula is C20H33NO4. The molecule has 0 heterocycles. The summed E-state index contributed by atoms with van der Waals surface area (Å²) in [6.45, 7) is 13.7. The zero-order valence-corrected chi connectivity index (χ0v) is 16.7. The van der Waals surface area contributed by atoms with Crippen LogP contribution in [0.15, 0.2) is 12.2 Å². The molecule has 0 aromatic rings. The Labute approximate surface area is 151 Å². The maximum absolute atomic E-state index is 12.5. The third kappa shape index (κ3) is 4.36. The Balaban J connectivity index is 2.08. The van der Waals surface area contributed by atoms with Crippen molar-refractivity contribution in [1.82, 2.24) is 5.32 Å². The average molecular weight is 351 g/mol. The summed E-state index contributed by atoms with van der Waals surface area (Å²) in [5.41, 5.74) is -1.45. The quantitative estimate of drug-likeness (QED) is 0.608. The molecule has 25 heavy (non-hydrogen) atoms. The number of allylic oxidation sites excluding steroid dienone is 2. The van der Waals surface area contributed by atoms with E-state index in [0.717, 1.165) is 12.8 Å². The molecule has 2 aliphatic rings. The molecule has 1 fully saturated rings. The maximum atomic E-state index is 12.5. The molecule has 2 rings (SSSR count). The smallest absolute Gasteiger partial charge is 0.407 e. The normalized spacial score (nSPS) is 31.1. The lowest BCUT2D eigenvalue weighted by atomic mass is 9.44. The summed E-state index contributed by atoms with van der Waals surface area (Å²) in [6.07, 6.45) is 6.21. The number of fused-ring (bicyclic) bond motifs is 1. The fourth-order valence-corrected chi connectivity index (χ4v) is 4.12. The van der Waals surface area contributed by atoms with E-state index in [9.17, 15) is 9.59 Å². The second-order valence-corrected chi connectivity index (χ2v) is 9.72. The van der Waals surface area contributed by atoms with Crippen LogP contribution in [0, 0.1) is 16.7 Å². The van der Waals surface area contributed by atoms with Gasteiger partial charge in [0.25, 0.3) is 0 Å². The molecule has 142 valence electrons. The van der Waals surface area contributed by atoms with Gasteiger partial charge in [0.05, 0.1) is 6.42 Å². The minimum Gasteiger partial charge on any atom is -0.460 e. The van der Waals surface area contributed by atoms with E-state index < -0.39 is 17.3 Å². The predicted octanol–water partition coefficient (Wildman–Crippen LogP) is 4.22. The second kappa shape index (κ2) is 6.33. The van der Waals surface area contributed by atoms with Gasteiger partial charge in [0.1, 0.15) is 11.2 Å². The summed E-state index contributed by atoms with van der Waals surface area (Å²) >= 11 is 0. The lowest BCUT2D eigenvalue weighted by Gasteiger charge is -2.60. The van der Waals surface area contributed by atoms with E-state index in [0.29, 0.717) is 18.9 Å². The fraction of sp³-hybridized carbons (Fsp3) is 0.800. The SMILES string of the molecule is CC(C)(C)OC(=O)C[C@@]1(CNC(=O)OC(C)(C)C)C[C@@H]2CC=C[C@@]21C. The van der Waals surface area contributed by atoms with Gasteiger partial charge >= 0.3 is 12.1 Å². The number of esters is 1. The Bertz CT molecular complexity index is 569. The van der Waals surface area contributed by atoms with Crippen molar-refractivity contribution in [3.63, 3.8) is 0 Å². The van der Waals surface area contributed by atoms with E-state index in [1.54, 1.807) is 0 Å². The van der Waals surface area contributed by atoms with E-state index in [1.807, 2.05) is 41.5 Å². The van der Waals surface area contributed by atoms with E-state index in [-0.39, 0.29) is 16.8 Å². The molecule has 1 saturated carbocycles. The topological polar surface area (TPSA) is 64.6 Å². The lowest BCUT2D eigenvalue weighted by Crippen LogP contribution is -2.60. The van der Waals surface area contributed by atoms with Gasteiger partial charge in [-0.3, -0.25) is 4.79 Å². The second-order valence-electron chi connectivity index (χ2n) is 9.72. The first-order valence-electron chi connectivity index (χ1n) is 9.13. The van der Waals surface area contributed by atoms with Crippen molar-refractivity contribution in [2.24, 2.45) is 16.7 Å². The Hall–Kier alpha value is -1.52.